The van der Waals surface area contributed by atoms with E-state index in [4.69, 9.17) is 0 Å². The van der Waals surface area contributed by atoms with E-state index in [9.17, 15) is 18.4 Å². The summed E-state index contributed by atoms with van der Waals surface area (Å²) >= 11 is 0. The van der Waals surface area contributed by atoms with Crippen molar-refractivity contribution in [1.29, 1.82) is 0 Å². The lowest BCUT2D eigenvalue weighted by Gasteiger charge is -2.37. The second-order valence-electron chi connectivity index (χ2n) is 4.46. The first kappa shape index (κ1) is 13.5. The maximum absolute atomic E-state index is 13.8. The molecule has 4 nitrogen and oxygen atoms in total. The highest BCUT2D eigenvalue weighted by molar-refractivity contribution is 6.08. The van der Waals surface area contributed by atoms with E-state index in [0.29, 0.717) is 6.42 Å². The summed E-state index contributed by atoms with van der Waals surface area (Å²) < 4.78 is 27.0. The van der Waals surface area contributed by atoms with Gasteiger partial charge >= 0.3 is 0 Å². The van der Waals surface area contributed by atoms with Gasteiger partial charge in [-0.05, 0) is 25.5 Å². The minimum Gasteiger partial charge on any atom is -0.343 e. The third-order valence-corrected chi connectivity index (χ3v) is 3.14. The van der Waals surface area contributed by atoms with Crippen LogP contribution < -0.4 is 10.2 Å². The molecule has 2 atom stereocenters. The zero-order valence-electron chi connectivity index (χ0n) is 10.6. The molecule has 102 valence electrons. The molecule has 1 fully saturated rings. The van der Waals surface area contributed by atoms with Crippen molar-refractivity contribution >= 4 is 17.5 Å². The number of hydrogen-bond donors (Lipinski definition) is 1. The van der Waals surface area contributed by atoms with Gasteiger partial charge in [-0.25, -0.2) is 8.78 Å². The molecule has 0 aliphatic carbocycles. The van der Waals surface area contributed by atoms with Crippen LogP contribution in [0.1, 0.15) is 20.3 Å². The molecule has 1 aliphatic heterocycles. The Kier molecular flexibility index (Phi) is 3.50. The van der Waals surface area contributed by atoms with Crippen LogP contribution >= 0.6 is 0 Å². The van der Waals surface area contributed by atoms with Gasteiger partial charge < -0.3 is 5.32 Å². The monoisotopic (exact) mass is 268 g/mol. The molecular formula is C13H14F2N2O2. The molecule has 2 rings (SSSR count). The van der Waals surface area contributed by atoms with Gasteiger partial charge in [-0.2, -0.15) is 0 Å². The molecule has 0 aromatic heterocycles. The van der Waals surface area contributed by atoms with E-state index in [-0.39, 0.29) is 11.6 Å². The highest BCUT2D eigenvalue weighted by Gasteiger charge is 2.39. The first-order valence-electron chi connectivity index (χ1n) is 6.04. The Morgan fingerprint density at radius 2 is 2.00 bits per heavy atom. The highest BCUT2D eigenvalue weighted by Crippen LogP contribution is 2.26. The zero-order valence-corrected chi connectivity index (χ0v) is 10.6. The summed E-state index contributed by atoms with van der Waals surface area (Å²) in [4.78, 5) is 25.0. The zero-order chi connectivity index (χ0) is 14.2. The standard InChI is InChI=1S/C13H14F2N2O2/c1-3-10-12(18)16-7(2)13(19)17(10)11-6-8(14)4-5-9(11)15/h4-7,10H,3H2,1-2H3,(H,16,18). The van der Waals surface area contributed by atoms with E-state index in [1.165, 1.54) is 6.92 Å². The maximum atomic E-state index is 13.8. The second-order valence-corrected chi connectivity index (χ2v) is 4.46. The summed E-state index contributed by atoms with van der Waals surface area (Å²) in [6.45, 7) is 3.22. The molecule has 2 unspecified atom stereocenters. The van der Waals surface area contributed by atoms with Gasteiger partial charge in [0.1, 0.15) is 23.7 Å². The quantitative estimate of drug-likeness (QED) is 0.885. The van der Waals surface area contributed by atoms with Gasteiger partial charge in [-0.1, -0.05) is 6.92 Å². The molecule has 1 heterocycles. The van der Waals surface area contributed by atoms with Crippen molar-refractivity contribution in [3.8, 4) is 0 Å². The van der Waals surface area contributed by atoms with Crippen LogP contribution in [0.3, 0.4) is 0 Å². The smallest absolute Gasteiger partial charge is 0.250 e. The number of carbonyl (C=O) groups excluding carboxylic acids is 2. The van der Waals surface area contributed by atoms with Gasteiger partial charge in [-0.3, -0.25) is 14.5 Å². The minimum absolute atomic E-state index is 0.196. The number of halogens is 2. The summed E-state index contributed by atoms with van der Waals surface area (Å²) in [5, 5.41) is 2.52. The average Bonchev–Trinajstić information content (AvgIpc) is 2.36. The van der Waals surface area contributed by atoms with E-state index in [0.717, 1.165) is 23.1 Å². The average molecular weight is 268 g/mol. The molecule has 19 heavy (non-hydrogen) atoms. The number of hydrogen-bond acceptors (Lipinski definition) is 2. The summed E-state index contributed by atoms with van der Waals surface area (Å²) in [6, 6.07) is 1.28. The van der Waals surface area contributed by atoms with Crippen molar-refractivity contribution in [2.24, 2.45) is 0 Å². The topological polar surface area (TPSA) is 49.4 Å². The predicted octanol–water partition coefficient (Wildman–Crippen LogP) is 1.59. The molecule has 2 amide bonds. The number of anilines is 1. The molecular weight excluding hydrogens is 254 g/mol. The van der Waals surface area contributed by atoms with Crippen LogP contribution in [0.2, 0.25) is 0 Å². The number of piperazine rings is 1. The van der Waals surface area contributed by atoms with Gasteiger partial charge in [0.05, 0.1) is 5.69 Å². The van der Waals surface area contributed by atoms with E-state index in [1.54, 1.807) is 6.92 Å². The fraction of sp³-hybridized carbons (Fsp3) is 0.385. The van der Waals surface area contributed by atoms with Crippen molar-refractivity contribution in [3.05, 3.63) is 29.8 Å². The van der Waals surface area contributed by atoms with E-state index >= 15 is 0 Å². The minimum atomic E-state index is -0.819. The molecule has 1 aromatic carbocycles. The molecule has 0 bridgehead atoms. The van der Waals surface area contributed by atoms with Crippen molar-refractivity contribution < 1.29 is 18.4 Å². The molecule has 0 saturated carbocycles. The normalized spacial score (nSPS) is 23.5. The SMILES string of the molecule is CCC1C(=O)NC(C)C(=O)N1c1cc(F)ccc1F. The number of rotatable bonds is 2. The van der Waals surface area contributed by atoms with Crippen LogP contribution in [0.5, 0.6) is 0 Å². The van der Waals surface area contributed by atoms with Crippen LogP contribution in [0.15, 0.2) is 18.2 Å². The van der Waals surface area contributed by atoms with E-state index < -0.39 is 29.6 Å². The summed E-state index contributed by atoms with van der Waals surface area (Å²) in [5.41, 5.74) is -0.196. The van der Waals surface area contributed by atoms with Crippen molar-refractivity contribution in [3.63, 3.8) is 0 Å². The Morgan fingerprint density at radius 1 is 1.32 bits per heavy atom. The van der Waals surface area contributed by atoms with E-state index in [2.05, 4.69) is 5.32 Å². The number of carbonyl (C=O) groups is 2. The van der Waals surface area contributed by atoms with Gasteiger partial charge in [0.2, 0.25) is 11.8 Å². The Balaban J connectivity index is 2.51. The molecule has 1 aromatic rings. The highest BCUT2D eigenvalue weighted by atomic mass is 19.1. The number of amides is 2. The van der Waals surface area contributed by atoms with Gasteiger partial charge in [-0.15, -0.1) is 0 Å². The summed E-state index contributed by atoms with van der Waals surface area (Å²) in [6.07, 6.45) is 0.320. The van der Waals surface area contributed by atoms with Crippen LogP contribution in [0.4, 0.5) is 14.5 Å². The Hall–Kier alpha value is -1.98. The maximum Gasteiger partial charge on any atom is 0.250 e. The van der Waals surface area contributed by atoms with Crippen LogP contribution in [0.25, 0.3) is 0 Å². The third kappa shape index (κ3) is 2.30. The van der Waals surface area contributed by atoms with Crippen molar-refractivity contribution in [2.75, 3.05) is 4.90 Å². The second kappa shape index (κ2) is 4.95. The van der Waals surface area contributed by atoms with Crippen molar-refractivity contribution in [1.82, 2.24) is 5.32 Å². The molecule has 6 heteroatoms. The largest absolute Gasteiger partial charge is 0.343 e. The Bertz CT molecular complexity index is 533. The van der Waals surface area contributed by atoms with Crippen LogP contribution in [-0.4, -0.2) is 23.9 Å². The fourth-order valence-corrected chi connectivity index (χ4v) is 2.18. The van der Waals surface area contributed by atoms with Gasteiger partial charge in [0, 0.05) is 6.07 Å². The number of benzene rings is 1. The molecule has 1 aliphatic rings. The van der Waals surface area contributed by atoms with Crippen molar-refractivity contribution in [2.45, 2.75) is 32.4 Å². The molecule has 0 radical (unpaired) electrons. The predicted molar refractivity (Wildman–Crippen MR) is 65.5 cm³/mol. The van der Waals surface area contributed by atoms with Gasteiger partial charge in [0.15, 0.2) is 0 Å². The lowest BCUT2D eigenvalue weighted by atomic mass is 10.0. The van der Waals surface area contributed by atoms with E-state index in [1.807, 2.05) is 0 Å². The summed E-state index contributed by atoms with van der Waals surface area (Å²) in [7, 11) is 0. The molecule has 1 saturated heterocycles. The lowest BCUT2D eigenvalue weighted by molar-refractivity contribution is -0.133. The lowest BCUT2D eigenvalue weighted by Crippen LogP contribution is -2.62. The van der Waals surface area contributed by atoms with Crippen LogP contribution in [0, 0.1) is 11.6 Å². The fourth-order valence-electron chi connectivity index (χ4n) is 2.18. The first-order chi connectivity index (χ1) is 8.95. The molecule has 0 spiro atoms. The van der Waals surface area contributed by atoms with Gasteiger partial charge in [0.25, 0.3) is 0 Å². The molecule has 1 N–H and O–H groups in total. The number of nitrogens with zero attached hydrogens (tertiary/aromatic N) is 1. The summed E-state index contributed by atoms with van der Waals surface area (Å²) in [5.74, 6) is -2.19. The van der Waals surface area contributed by atoms with Crippen LogP contribution in [-0.2, 0) is 9.59 Å². The first-order valence-corrected chi connectivity index (χ1v) is 6.04. The Labute approximate surface area is 109 Å². The Morgan fingerprint density at radius 3 is 2.63 bits per heavy atom. The number of nitrogens with one attached hydrogen (secondary N) is 1. The third-order valence-electron chi connectivity index (χ3n) is 3.14.